The topological polar surface area (TPSA) is 96.2 Å². The van der Waals surface area contributed by atoms with Crippen molar-refractivity contribution >= 4 is 23.3 Å². The van der Waals surface area contributed by atoms with Crippen LogP contribution < -0.4 is 10.6 Å². The number of carbonyl (C=O) groups excluding carboxylic acids is 3. The Balaban J connectivity index is 1.48. The Bertz CT molecular complexity index is 1010. The minimum Gasteiger partial charge on any atom is -0.369 e. The number of likely N-dealkylation sites (N-methyl/N-ethyl adjacent to an activating group) is 1. The average molecular weight is 497 g/mol. The van der Waals surface area contributed by atoms with Crippen LogP contribution >= 0.6 is 0 Å². The Kier molecular flexibility index (Phi) is 7.10. The lowest BCUT2D eigenvalue weighted by molar-refractivity contribution is -0.138. The summed E-state index contributed by atoms with van der Waals surface area (Å²) in [6, 6.07) is 5.24. The molecule has 3 saturated heterocycles. The average Bonchev–Trinajstić information content (AvgIpc) is 3.54. The van der Waals surface area contributed by atoms with E-state index in [0.29, 0.717) is 30.0 Å². The molecule has 3 aliphatic heterocycles. The molecule has 1 saturated carbocycles. The lowest BCUT2D eigenvalue weighted by Crippen LogP contribution is -2.46. The summed E-state index contributed by atoms with van der Waals surface area (Å²) in [5.41, 5.74) is 7.92. The third kappa shape index (κ3) is 4.77. The molecule has 0 radical (unpaired) electrons. The predicted octanol–water partition coefficient (Wildman–Crippen LogP) is 2.26. The minimum absolute atomic E-state index is 0.00234. The number of hydrogen-bond donors (Lipinski definition) is 1. The molecule has 0 unspecified atom stereocenters. The van der Waals surface area contributed by atoms with Gasteiger partial charge in [-0.3, -0.25) is 14.4 Å². The molecule has 8 nitrogen and oxygen atoms in total. The molecule has 4 fully saturated rings. The van der Waals surface area contributed by atoms with Gasteiger partial charge in [0.25, 0.3) is 0 Å². The number of Topliss-reactive ketones (excluding diaryl/α,β-unsaturated/α-hetero) is 1. The number of piperazine rings is 1. The number of benzene rings is 1. The van der Waals surface area contributed by atoms with Crippen LogP contribution in [0.3, 0.4) is 0 Å². The third-order valence-electron chi connectivity index (χ3n) is 8.60. The van der Waals surface area contributed by atoms with Gasteiger partial charge >= 0.3 is 0 Å². The molecule has 1 aromatic rings. The van der Waals surface area contributed by atoms with Crippen LogP contribution in [0.15, 0.2) is 18.2 Å². The molecule has 4 atom stereocenters. The summed E-state index contributed by atoms with van der Waals surface area (Å²) in [4.78, 5) is 46.1. The standard InChI is InChI=1S/C28H40N4O4/c1-4-30-9-11-31(12-10-30)19-7-8-20(27(29)34)21(14-19)22(13-17(2)3)28(35)32-15-23(18-5-6-18)26-25(32)24(33)16-36-26/h7-8,14,17-18,22-23,25-26H,4-6,9-13,15-16H2,1-3H3,(H2,29,34)/t22-,23+,25+,26+/m0/s1. The van der Waals surface area contributed by atoms with Gasteiger partial charge in [-0.1, -0.05) is 20.8 Å². The largest absolute Gasteiger partial charge is 0.369 e. The van der Waals surface area contributed by atoms with E-state index in [4.69, 9.17) is 10.5 Å². The quantitative estimate of drug-likeness (QED) is 0.593. The zero-order chi connectivity index (χ0) is 25.6. The highest BCUT2D eigenvalue weighted by molar-refractivity contribution is 5.99. The van der Waals surface area contributed by atoms with E-state index in [-0.39, 0.29) is 36.2 Å². The van der Waals surface area contributed by atoms with Gasteiger partial charge in [0.2, 0.25) is 11.8 Å². The molecule has 4 aliphatic rings. The first-order chi connectivity index (χ1) is 17.3. The molecule has 3 heterocycles. The number of ether oxygens (including phenoxy) is 1. The Morgan fingerprint density at radius 3 is 2.47 bits per heavy atom. The van der Waals surface area contributed by atoms with Crippen LogP contribution in [0.2, 0.25) is 0 Å². The van der Waals surface area contributed by atoms with E-state index in [1.807, 2.05) is 12.1 Å². The molecule has 2 N–H and O–H groups in total. The van der Waals surface area contributed by atoms with E-state index >= 15 is 0 Å². The van der Waals surface area contributed by atoms with E-state index in [9.17, 15) is 14.4 Å². The fourth-order valence-corrected chi connectivity index (χ4v) is 6.47. The van der Waals surface area contributed by atoms with Gasteiger partial charge in [0.05, 0.1) is 12.0 Å². The summed E-state index contributed by atoms with van der Waals surface area (Å²) in [7, 11) is 0. The van der Waals surface area contributed by atoms with Crippen molar-refractivity contribution in [1.29, 1.82) is 0 Å². The van der Waals surface area contributed by atoms with Gasteiger partial charge in [0.1, 0.15) is 12.6 Å². The zero-order valence-electron chi connectivity index (χ0n) is 21.8. The minimum atomic E-state index is -0.531. The second kappa shape index (κ2) is 10.1. The maximum atomic E-state index is 14.2. The molecular weight excluding hydrogens is 456 g/mol. The Hall–Kier alpha value is -2.45. The van der Waals surface area contributed by atoms with Crippen LogP contribution in [0.4, 0.5) is 5.69 Å². The summed E-state index contributed by atoms with van der Waals surface area (Å²) in [5, 5.41) is 0. The second-order valence-corrected chi connectivity index (χ2v) is 11.4. The van der Waals surface area contributed by atoms with Gasteiger partial charge in [0.15, 0.2) is 5.78 Å². The number of amides is 2. The number of likely N-dealkylation sites (tertiary alicyclic amines) is 1. The van der Waals surface area contributed by atoms with Crippen molar-refractivity contribution in [2.45, 2.75) is 58.1 Å². The maximum Gasteiger partial charge on any atom is 0.249 e. The molecule has 2 amide bonds. The molecule has 36 heavy (non-hydrogen) atoms. The fraction of sp³-hybridized carbons (Fsp3) is 0.679. The molecule has 0 aromatic heterocycles. The van der Waals surface area contributed by atoms with Crippen LogP contribution in [0.25, 0.3) is 0 Å². The number of fused-ring (bicyclic) bond motifs is 1. The highest BCUT2D eigenvalue weighted by Gasteiger charge is 2.56. The van der Waals surface area contributed by atoms with Gasteiger partial charge in [-0.15, -0.1) is 0 Å². The van der Waals surface area contributed by atoms with E-state index in [1.54, 1.807) is 11.0 Å². The molecule has 1 aromatic carbocycles. The predicted molar refractivity (Wildman–Crippen MR) is 138 cm³/mol. The van der Waals surface area contributed by atoms with Crippen LogP contribution in [0, 0.1) is 17.8 Å². The van der Waals surface area contributed by atoms with Crippen molar-refractivity contribution in [3.05, 3.63) is 29.3 Å². The van der Waals surface area contributed by atoms with Crippen molar-refractivity contribution in [2.75, 3.05) is 50.8 Å². The summed E-state index contributed by atoms with van der Waals surface area (Å²) in [5.74, 6) is -0.142. The van der Waals surface area contributed by atoms with Crippen molar-refractivity contribution in [3.8, 4) is 0 Å². The Labute approximate surface area is 214 Å². The summed E-state index contributed by atoms with van der Waals surface area (Å²) in [6.07, 6.45) is 2.68. The number of hydrogen-bond acceptors (Lipinski definition) is 6. The number of primary amides is 1. The molecule has 5 rings (SSSR count). The van der Waals surface area contributed by atoms with Crippen molar-refractivity contribution < 1.29 is 19.1 Å². The molecular formula is C28H40N4O4. The molecule has 196 valence electrons. The first-order valence-corrected chi connectivity index (χ1v) is 13.6. The molecule has 0 spiro atoms. The van der Waals surface area contributed by atoms with Crippen LogP contribution in [-0.4, -0.2) is 85.4 Å². The van der Waals surface area contributed by atoms with Crippen molar-refractivity contribution in [3.63, 3.8) is 0 Å². The summed E-state index contributed by atoms with van der Waals surface area (Å²) < 4.78 is 5.90. The van der Waals surface area contributed by atoms with Gasteiger partial charge in [-0.2, -0.15) is 0 Å². The van der Waals surface area contributed by atoms with Crippen molar-refractivity contribution in [1.82, 2.24) is 9.80 Å². The lowest BCUT2D eigenvalue weighted by atomic mass is 9.85. The fourth-order valence-electron chi connectivity index (χ4n) is 6.47. The third-order valence-corrected chi connectivity index (χ3v) is 8.60. The Morgan fingerprint density at radius 1 is 1.14 bits per heavy atom. The number of anilines is 1. The molecule has 8 heteroatoms. The van der Waals surface area contributed by atoms with E-state index in [0.717, 1.165) is 51.3 Å². The lowest BCUT2D eigenvalue weighted by Gasteiger charge is -2.36. The van der Waals surface area contributed by atoms with E-state index in [2.05, 4.69) is 30.6 Å². The van der Waals surface area contributed by atoms with Gasteiger partial charge in [-0.05, 0) is 61.4 Å². The number of carbonyl (C=O) groups is 3. The normalized spacial score (nSPS) is 27.6. The second-order valence-electron chi connectivity index (χ2n) is 11.4. The first kappa shape index (κ1) is 25.2. The summed E-state index contributed by atoms with van der Waals surface area (Å²) >= 11 is 0. The van der Waals surface area contributed by atoms with Gasteiger partial charge in [0, 0.05) is 49.9 Å². The van der Waals surface area contributed by atoms with E-state index in [1.165, 1.54) is 0 Å². The van der Waals surface area contributed by atoms with Gasteiger partial charge < -0.3 is 25.2 Å². The zero-order valence-corrected chi connectivity index (χ0v) is 21.8. The van der Waals surface area contributed by atoms with E-state index < -0.39 is 17.9 Å². The van der Waals surface area contributed by atoms with Crippen LogP contribution in [-0.2, 0) is 14.3 Å². The number of ketones is 1. The Morgan fingerprint density at radius 2 is 1.86 bits per heavy atom. The molecule has 1 aliphatic carbocycles. The van der Waals surface area contributed by atoms with Gasteiger partial charge in [-0.25, -0.2) is 0 Å². The molecule has 0 bridgehead atoms. The number of rotatable bonds is 8. The number of nitrogens with two attached hydrogens (primary N) is 1. The smallest absolute Gasteiger partial charge is 0.249 e. The number of nitrogens with zero attached hydrogens (tertiary/aromatic N) is 3. The maximum absolute atomic E-state index is 14.2. The highest BCUT2D eigenvalue weighted by Crippen LogP contribution is 2.47. The summed E-state index contributed by atoms with van der Waals surface area (Å²) in [6.45, 7) is 11.8. The van der Waals surface area contributed by atoms with Crippen LogP contribution in [0.1, 0.15) is 61.9 Å². The highest BCUT2D eigenvalue weighted by atomic mass is 16.5. The van der Waals surface area contributed by atoms with Crippen LogP contribution in [0.5, 0.6) is 0 Å². The van der Waals surface area contributed by atoms with Crippen molar-refractivity contribution in [2.24, 2.45) is 23.5 Å². The first-order valence-electron chi connectivity index (χ1n) is 13.6. The monoisotopic (exact) mass is 496 g/mol. The SMILES string of the molecule is CCN1CCN(c2ccc(C(N)=O)c([C@H](CC(C)C)C(=O)N3C[C@H](C4CC4)[C@H]4OCC(=O)[C@H]43)c2)CC1.